The molecule has 0 unspecified atom stereocenters. The number of carbonyl (C=O) groups excluding carboxylic acids is 2. The lowest BCUT2D eigenvalue weighted by Crippen LogP contribution is -2.36. The van der Waals surface area contributed by atoms with E-state index in [1.807, 2.05) is 4.72 Å². The zero-order valence-corrected chi connectivity index (χ0v) is 14.5. The number of anilines is 1. The Labute approximate surface area is 149 Å². The van der Waals surface area contributed by atoms with Crippen LogP contribution in [0.25, 0.3) is 0 Å². The molecule has 1 aliphatic rings. The van der Waals surface area contributed by atoms with Gasteiger partial charge in [-0.1, -0.05) is 19.1 Å². The Morgan fingerprint density at radius 2 is 2.00 bits per heavy atom. The molecule has 0 bridgehead atoms. The number of benzene rings is 2. The van der Waals surface area contributed by atoms with E-state index in [2.05, 4.69) is 5.32 Å². The standard InChI is InChI=1S/C17H15FN2O5S/c1-2-14-17(22)19-13-9-10(7-8-15(13)25-14)26(23,24)20-16(21)11-5-3-4-6-12(11)18/h3-9,14H,2H2,1H3,(H,19,22)(H,20,21)/t14-/m0/s1. The largest absolute Gasteiger partial charge is 0.478 e. The summed E-state index contributed by atoms with van der Waals surface area (Å²) in [5, 5.41) is 2.57. The first-order chi connectivity index (χ1) is 12.3. The predicted octanol–water partition coefficient (Wildman–Crippen LogP) is 2.05. The molecule has 0 fully saturated rings. The molecule has 9 heteroatoms. The van der Waals surface area contributed by atoms with Crippen molar-refractivity contribution < 1.29 is 27.1 Å². The molecule has 2 N–H and O–H groups in total. The molecule has 0 aliphatic carbocycles. The summed E-state index contributed by atoms with van der Waals surface area (Å²) in [5.74, 6) is -1.98. The molecule has 0 saturated carbocycles. The fourth-order valence-electron chi connectivity index (χ4n) is 2.45. The van der Waals surface area contributed by atoms with Crippen molar-refractivity contribution in [1.29, 1.82) is 0 Å². The van der Waals surface area contributed by atoms with Gasteiger partial charge in [0.25, 0.3) is 21.8 Å². The van der Waals surface area contributed by atoms with Gasteiger partial charge in [0.1, 0.15) is 11.6 Å². The van der Waals surface area contributed by atoms with Crippen LogP contribution in [0.2, 0.25) is 0 Å². The molecule has 1 aliphatic heterocycles. The van der Waals surface area contributed by atoms with Gasteiger partial charge in [-0.3, -0.25) is 9.59 Å². The number of amides is 2. The Balaban J connectivity index is 1.87. The fraction of sp³-hybridized carbons (Fsp3) is 0.176. The Morgan fingerprint density at radius 1 is 1.27 bits per heavy atom. The number of sulfonamides is 1. The SMILES string of the molecule is CC[C@@H]1Oc2ccc(S(=O)(=O)NC(=O)c3ccccc3F)cc2NC1=O. The molecular weight excluding hydrogens is 363 g/mol. The molecule has 2 amide bonds. The van der Waals surface area contributed by atoms with Gasteiger partial charge >= 0.3 is 0 Å². The van der Waals surface area contributed by atoms with Crippen molar-refractivity contribution in [3.63, 3.8) is 0 Å². The van der Waals surface area contributed by atoms with Gasteiger partial charge in [-0.2, -0.15) is 0 Å². The van der Waals surface area contributed by atoms with Crippen LogP contribution in [0.4, 0.5) is 10.1 Å². The molecule has 0 aromatic heterocycles. The minimum atomic E-state index is -4.27. The van der Waals surface area contributed by atoms with Gasteiger partial charge in [0.05, 0.1) is 16.1 Å². The summed E-state index contributed by atoms with van der Waals surface area (Å²) in [5.41, 5.74) is -0.211. The first-order valence-electron chi connectivity index (χ1n) is 7.75. The molecule has 26 heavy (non-hydrogen) atoms. The van der Waals surface area contributed by atoms with Crippen LogP contribution < -0.4 is 14.8 Å². The summed E-state index contributed by atoms with van der Waals surface area (Å²) in [7, 11) is -4.27. The second-order valence-electron chi connectivity index (χ2n) is 5.58. The van der Waals surface area contributed by atoms with Crippen molar-refractivity contribution in [3.05, 3.63) is 53.8 Å². The second kappa shape index (κ2) is 6.75. The van der Waals surface area contributed by atoms with Gasteiger partial charge in [-0.15, -0.1) is 0 Å². The third-order valence-corrected chi connectivity index (χ3v) is 5.13. The molecule has 3 rings (SSSR count). The number of rotatable bonds is 4. The molecular formula is C17H15FN2O5S. The van der Waals surface area contributed by atoms with Crippen molar-refractivity contribution in [2.75, 3.05) is 5.32 Å². The maximum absolute atomic E-state index is 13.6. The molecule has 7 nitrogen and oxygen atoms in total. The molecule has 1 atom stereocenters. The maximum Gasteiger partial charge on any atom is 0.267 e. The molecule has 2 aromatic carbocycles. The molecule has 0 saturated heterocycles. The lowest BCUT2D eigenvalue weighted by molar-refractivity contribution is -0.123. The van der Waals surface area contributed by atoms with E-state index in [1.165, 1.54) is 36.4 Å². The van der Waals surface area contributed by atoms with E-state index in [0.717, 1.165) is 6.07 Å². The highest BCUT2D eigenvalue weighted by Crippen LogP contribution is 2.32. The third-order valence-electron chi connectivity index (χ3n) is 3.80. The van der Waals surface area contributed by atoms with Crippen LogP contribution in [-0.2, 0) is 14.8 Å². The summed E-state index contributed by atoms with van der Waals surface area (Å²) in [4.78, 5) is 23.6. The van der Waals surface area contributed by atoms with E-state index >= 15 is 0 Å². The molecule has 136 valence electrons. The lowest BCUT2D eigenvalue weighted by atomic mass is 10.2. The first kappa shape index (κ1) is 17.9. The van der Waals surface area contributed by atoms with Gasteiger partial charge in [0.2, 0.25) is 0 Å². The number of hydrogen-bond acceptors (Lipinski definition) is 5. The average Bonchev–Trinajstić information content (AvgIpc) is 2.60. The van der Waals surface area contributed by atoms with Crippen LogP contribution in [0, 0.1) is 5.82 Å². The number of halogens is 1. The highest BCUT2D eigenvalue weighted by molar-refractivity contribution is 7.90. The zero-order valence-electron chi connectivity index (χ0n) is 13.7. The van der Waals surface area contributed by atoms with E-state index in [1.54, 1.807) is 6.92 Å². The summed E-state index contributed by atoms with van der Waals surface area (Å²) in [6.45, 7) is 1.78. The molecule has 1 heterocycles. The van der Waals surface area contributed by atoms with Crippen LogP contribution in [0.15, 0.2) is 47.4 Å². The first-order valence-corrected chi connectivity index (χ1v) is 9.23. The highest BCUT2D eigenvalue weighted by Gasteiger charge is 2.28. The summed E-state index contributed by atoms with van der Waals surface area (Å²) < 4.78 is 45.7. The fourth-order valence-corrected chi connectivity index (χ4v) is 3.44. The van der Waals surface area contributed by atoms with Crippen LogP contribution in [-0.4, -0.2) is 26.3 Å². The van der Waals surface area contributed by atoms with Crippen LogP contribution in [0.3, 0.4) is 0 Å². The summed E-state index contributed by atoms with van der Waals surface area (Å²) >= 11 is 0. The Morgan fingerprint density at radius 3 is 2.69 bits per heavy atom. The van der Waals surface area contributed by atoms with Crippen LogP contribution in [0.1, 0.15) is 23.7 Å². The van der Waals surface area contributed by atoms with E-state index < -0.39 is 33.4 Å². The minimum Gasteiger partial charge on any atom is -0.478 e. The van der Waals surface area contributed by atoms with E-state index in [-0.39, 0.29) is 16.5 Å². The Kier molecular flexibility index (Phi) is 4.64. The number of nitrogens with one attached hydrogen (secondary N) is 2. The molecule has 0 spiro atoms. The van der Waals surface area contributed by atoms with Gasteiger partial charge < -0.3 is 10.1 Å². The topological polar surface area (TPSA) is 102 Å². The van der Waals surface area contributed by atoms with Crippen molar-refractivity contribution in [3.8, 4) is 5.75 Å². The molecule has 2 aromatic rings. The highest BCUT2D eigenvalue weighted by atomic mass is 32.2. The predicted molar refractivity (Wildman–Crippen MR) is 90.8 cm³/mol. The summed E-state index contributed by atoms with van der Waals surface area (Å²) in [6.07, 6.45) is -0.185. The maximum atomic E-state index is 13.6. The van der Waals surface area contributed by atoms with E-state index in [0.29, 0.717) is 12.2 Å². The lowest BCUT2D eigenvalue weighted by Gasteiger charge is -2.25. The van der Waals surface area contributed by atoms with Crippen molar-refractivity contribution >= 4 is 27.5 Å². The van der Waals surface area contributed by atoms with Crippen molar-refractivity contribution in [1.82, 2.24) is 4.72 Å². The van der Waals surface area contributed by atoms with Crippen LogP contribution in [0.5, 0.6) is 5.75 Å². The number of fused-ring (bicyclic) bond motifs is 1. The van der Waals surface area contributed by atoms with Crippen molar-refractivity contribution in [2.45, 2.75) is 24.3 Å². The van der Waals surface area contributed by atoms with E-state index in [4.69, 9.17) is 4.74 Å². The average molecular weight is 378 g/mol. The molecule has 0 radical (unpaired) electrons. The quantitative estimate of drug-likeness (QED) is 0.848. The monoisotopic (exact) mass is 378 g/mol. The van der Waals surface area contributed by atoms with Gasteiger partial charge in [-0.25, -0.2) is 17.5 Å². The third kappa shape index (κ3) is 3.38. The number of ether oxygens (including phenoxy) is 1. The zero-order chi connectivity index (χ0) is 18.9. The Bertz CT molecular complexity index is 990. The van der Waals surface area contributed by atoms with Crippen LogP contribution >= 0.6 is 0 Å². The van der Waals surface area contributed by atoms with Gasteiger partial charge in [0.15, 0.2) is 6.10 Å². The number of carbonyl (C=O) groups is 2. The Hall–Kier alpha value is -2.94. The van der Waals surface area contributed by atoms with Crippen molar-refractivity contribution in [2.24, 2.45) is 0 Å². The normalized spacial score (nSPS) is 16.2. The summed E-state index contributed by atoms with van der Waals surface area (Å²) in [6, 6.07) is 8.83. The smallest absolute Gasteiger partial charge is 0.267 e. The minimum absolute atomic E-state index is 0.181. The van der Waals surface area contributed by atoms with Gasteiger partial charge in [-0.05, 0) is 36.8 Å². The number of hydrogen-bond donors (Lipinski definition) is 2. The van der Waals surface area contributed by atoms with Gasteiger partial charge in [0, 0.05) is 0 Å². The van der Waals surface area contributed by atoms with E-state index in [9.17, 15) is 22.4 Å². The second-order valence-corrected chi connectivity index (χ2v) is 7.26.